The maximum atomic E-state index is 12.5. The molecule has 0 saturated carbocycles. The molecule has 108 valence electrons. The maximum absolute atomic E-state index is 12.5. The van der Waals surface area contributed by atoms with Gasteiger partial charge >= 0.3 is 0 Å². The number of ether oxygens (including phenoxy) is 1. The minimum atomic E-state index is -0.317. The van der Waals surface area contributed by atoms with Gasteiger partial charge < -0.3 is 4.74 Å². The van der Waals surface area contributed by atoms with Gasteiger partial charge in [-0.2, -0.15) is 0 Å². The lowest BCUT2D eigenvalue weighted by atomic mass is 9.79. The summed E-state index contributed by atoms with van der Waals surface area (Å²) in [5.74, 6) is 2.09. The summed E-state index contributed by atoms with van der Waals surface area (Å²) in [5, 5.41) is 0. The van der Waals surface area contributed by atoms with Crippen molar-refractivity contribution in [3.63, 3.8) is 0 Å². The summed E-state index contributed by atoms with van der Waals surface area (Å²) in [5.41, 5.74) is 1.89. The zero-order valence-corrected chi connectivity index (χ0v) is 12.7. The third kappa shape index (κ3) is 2.58. The average Bonchev–Trinajstić information content (AvgIpc) is 2.46. The Labute approximate surface area is 125 Å². The first kappa shape index (κ1) is 13.9. The third-order valence-corrected chi connectivity index (χ3v) is 4.03. The Balaban J connectivity index is 2.05. The van der Waals surface area contributed by atoms with E-state index in [2.05, 4.69) is 12.1 Å². The Hall–Kier alpha value is -2.09. The highest BCUT2D eigenvalue weighted by Gasteiger charge is 2.31. The molecule has 1 aliphatic rings. The van der Waals surface area contributed by atoms with Crippen LogP contribution in [0.2, 0.25) is 0 Å². The fraction of sp³-hybridized carbons (Fsp3) is 0.316. The van der Waals surface area contributed by atoms with Gasteiger partial charge in [-0.05, 0) is 12.1 Å². The first-order valence-corrected chi connectivity index (χ1v) is 7.36. The lowest BCUT2D eigenvalue weighted by Crippen LogP contribution is -2.24. The van der Waals surface area contributed by atoms with Gasteiger partial charge in [0.15, 0.2) is 0 Å². The summed E-state index contributed by atoms with van der Waals surface area (Å²) < 4.78 is 5.96. The second-order valence-electron chi connectivity index (χ2n) is 6.61. The number of Topliss-reactive ketones (excluding diaryl/α,β-unsaturated/α-hetero) is 1. The highest BCUT2D eigenvalue weighted by molar-refractivity contribution is 5.85. The second-order valence-corrected chi connectivity index (χ2v) is 6.61. The maximum Gasteiger partial charge on any atom is 0.139 e. The van der Waals surface area contributed by atoms with Gasteiger partial charge in [-0.3, -0.25) is 4.79 Å². The van der Waals surface area contributed by atoms with Crippen LogP contribution in [0.3, 0.4) is 0 Å². The summed E-state index contributed by atoms with van der Waals surface area (Å²) in [6.07, 6.45) is 0.515. The number of benzene rings is 2. The van der Waals surface area contributed by atoms with E-state index < -0.39 is 0 Å². The highest BCUT2D eigenvalue weighted by Crippen LogP contribution is 2.46. The zero-order chi connectivity index (χ0) is 15.0. The van der Waals surface area contributed by atoms with Crippen LogP contribution < -0.4 is 4.74 Å². The Bertz CT molecular complexity index is 634. The van der Waals surface area contributed by atoms with Gasteiger partial charge in [-0.15, -0.1) is 0 Å². The van der Waals surface area contributed by atoms with Crippen LogP contribution in [-0.2, 0) is 4.79 Å². The Morgan fingerprint density at radius 3 is 1.90 bits per heavy atom. The number of carbonyl (C=O) groups is 1. The van der Waals surface area contributed by atoms with Crippen molar-refractivity contribution in [1.82, 2.24) is 0 Å². The van der Waals surface area contributed by atoms with Crippen LogP contribution in [-0.4, -0.2) is 5.78 Å². The van der Waals surface area contributed by atoms with Crippen LogP contribution >= 0.6 is 0 Å². The molecule has 2 nitrogen and oxygen atoms in total. The zero-order valence-electron chi connectivity index (χ0n) is 12.7. The van der Waals surface area contributed by atoms with E-state index in [0.29, 0.717) is 6.42 Å². The monoisotopic (exact) mass is 280 g/mol. The van der Waals surface area contributed by atoms with Gasteiger partial charge in [0.1, 0.15) is 17.3 Å². The first-order chi connectivity index (χ1) is 9.97. The van der Waals surface area contributed by atoms with Gasteiger partial charge in [0, 0.05) is 28.9 Å². The van der Waals surface area contributed by atoms with Crippen LogP contribution in [0.15, 0.2) is 48.5 Å². The van der Waals surface area contributed by atoms with Crippen molar-refractivity contribution in [3.05, 3.63) is 59.7 Å². The molecule has 1 heterocycles. The summed E-state index contributed by atoms with van der Waals surface area (Å²) in [4.78, 5) is 12.5. The van der Waals surface area contributed by atoms with Crippen LogP contribution in [0.25, 0.3) is 0 Å². The molecule has 0 aromatic heterocycles. The Morgan fingerprint density at radius 2 is 1.43 bits per heavy atom. The van der Waals surface area contributed by atoms with Crippen LogP contribution in [0.4, 0.5) is 0 Å². The van der Waals surface area contributed by atoms with E-state index in [9.17, 15) is 4.79 Å². The predicted molar refractivity (Wildman–Crippen MR) is 83.9 cm³/mol. The van der Waals surface area contributed by atoms with E-state index in [1.165, 1.54) is 0 Å². The fourth-order valence-corrected chi connectivity index (χ4v) is 2.72. The molecule has 21 heavy (non-hydrogen) atoms. The Morgan fingerprint density at radius 1 is 0.952 bits per heavy atom. The first-order valence-electron chi connectivity index (χ1n) is 7.36. The van der Waals surface area contributed by atoms with Crippen molar-refractivity contribution in [3.8, 4) is 11.5 Å². The van der Waals surface area contributed by atoms with Gasteiger partial charge in [-0.25, -0.2) is 0 Å². The topological polar surface area (TPSA) is 26.3 Å². The number of para-hydroxylation sites is 2. The minimum absolute atomic E-state index is 0.0814. The SMILES string of the molecule is CC(C)(C)C(=O)CC1c2ccccc2Oc2ccccc21. The van der Waals surface area contributed by atoms with E-state index in [0.717, 1.165) is 22.6 Å². The molecule has 2 aromatic rings. The largest absolute Gasteiger partial charge is 0.457 e. The molecular weight excluding hydrogens is 260 g/mol. The molecule has 0 N–H and O–H groups in total. The second kappa shape index (κ2) is 5.03. The molecule has 0 amide bonds. The number of fused-ring (bicyclic) bond motifs is 2. The van der Waals surface area contributed by atoms with E-state index in [1.807, 2.05) is 57.2 Å². The van der Waals surface area contributed by atoms with Crippen molar-refractivity contribution in [2.75, 3.05) is 0 Å². The van der Waals surface area contributed by atoms with Gasteiger partial charge in [-0.1, -0.05) is 57.2 Å². The highest BCUT2D eigenvalue weighted by atomic mass is 16.5. The van der Waals surface area contributed by atoms with Crippen molar-refractivity contribution in [2.24, 2.45) is 5.41 Å². The number of carbonyl (C=O) groups excluding carboxylic acids is 1. The molecule has 0 spiro atoms. The summed E-state index contributed by atoms with van der Waals surface area (Å²) in [6, 6.07) is 16.0. The molecule has 1 aliphatic heterocycles. The van der Waals surface area contributed by atoms with E-state index in [-0.39, 0.29) is 17.1 Å². The molecule has 0 fully saturated rings. The van der Waals surface area contributed by atoms with Crippen molar-refractivity contribution < 1.29 is 9.53 Å². The average molecular weight is 280 g/mol. The minimum Gasteiger partial charge on any atom is -0.457 e. The molecule has 0 bridgehead atoms. The summed E-state index contributed by atoms with van der Waals surface area (Å²) in [7, 11) is 0. The summed E-state index contributed by atoms with van der Waals surface area (Å²) >= 11 is 0. The number of rotatable bonds is 2. The molecular formula is C19H20O2. The number of hydrogen-bond acceptors (Lipinski definition) is 2. The molecule has 2 heteroatoms. The van der Waals surface area contributed by atoms with E-state index >= 15 is 0 Å². The number of hydrogen-bond donors (Lipinski definition) is 0. The smallest absolute Gasteiger partial charge is 0.139 e. The third-order valence-electron chi connectivity index (χ3n) is 4.03. The molecule has 0 atom stereocenters. The lowest BCUT2D eigenvalue weighted by Gasteiger charge is -2.29. The van der Waals surface area contributed by atoms with E-state index in [1.54, 1.807) is 0 Å². The van der Waals surface area contributed by atoms with Crippen molar-refractivity contribution >= 4 is 5.78 Å². The van der Waals surface area contributed by atoms with Gasteiger partial charge in [0.25, 0.3) is 0 Å². The number of ketones is 1. The van der Waals surface area contributed by atoms with Gasteiger partial charge in [0.2, 0.25) is 0 Å². The molecule has 0 saturated heterocycles. The lowest BCUT2D eigenvalue weighted by molar-refractivity contribution is -0.126. The van der Waals surface area contributed by atoms with Crippen molar-refractivity contribution in [2.45, 2.75) is 33.1 Å². The molecule has 0 unspecified atom stereocenters. The Kier molecular flexibility index (Phi) is 3.32. The molecule has 2 aromatic carbocycles. The quantitative estimate of drug-likeness (QED) is 0.779. The van der Waals surface area contributed by atoms with Crippen LogP contribution in [0, 0.1) is 5.41 Å². The normalized spacial score (nSPS) is 14.0. The summed E-state index contributed by atoms with van der Waals surface area (Å²) in [6.45, 7) is 5.94. The van der Waals surface area contributed by atoms with Gasteiger partial charge in [0.05, 0.1) is 0 Å². The predicted octanol–water partition coefficient (Wildman–Crippen LogP) is 4.93. The fourth-order valence-electron chi connectivity index (χ4n) is 2.72. The molecule has 0 aliphatic carbocycles. The van der Waals surface area contributed by atoms with E-state index in [4.69, 9.17) is 4.74 Å². The van der Waals surface area contributed by atoms with Crippen LogP contribution in [0.1, 0.15) is 44.2 Å². The van der Waals surface area contributed by atoms with Crippen molar-refractivity contribution in [1.29, 1.82) is 0 Å². The standard InChI is InChI=1S/C19H20O2/c1-19(2,3)18(20)12-15-13-8-4-6-10-16(13)21-17-11-7-5-9-14(15)17/h4-11,15H,12H2,1-3H3. The molecule has 3 rings (SSSR count). The van der Waals surface area contributed by atoms with Crippen LogP contribution in [0.5, 0.6) is 11.5 Å². The molecule has 0 radical (unpaired) electrons.